The van der Waals surface area contributed by atoms with E-state index in [0.29, 0.717) is 47.7 Å². The fourth-order valence-corrected chi connectivity index (χ4v) is 6.86. The minimum Gasteiger partial charge on any atom is -0.870 e. The Kier molecular flexibility index (Phi) is 11.1. The molecule has 2 aliphatic carbocycles. The summed E-state index contributed by atoms with van der Waals surface area (Å²) in [6.45, 7) is 5.90. The molecule has 6 rings (SSSR count). The van der Waals surface area contributed by atoms with Crippen LogP contribution < -0.4 is 40.2 Å². The number of aliphatic hydroxyl groups excluding tert-OH is 1. The van der Waals surface area contributed by atoms with Crippen molar-refractivity contribution < 1.29 is 49.7 Å². The van der Waals surface area contributed by atoms with Gasteiger partial charge in [0.2, 0.25) is 0 Å². The summed E-state index contributed by atoms with van der Waals surface area (Å²) in [7, 11) is 0. The minimum absolute atomic E-state index is 0. The van der Waals surface area contributed by atoms with Gasteiger partial charge in [-0.3, -0.25) is 9.59 Å². The zero-order valence-corrected chi connectivity index (χ0v) is 29.8. The van der Waals surface area contributed by atoms with Gasteiger partial charge in [-0.05, 0) is 88.1 Å². The van der Waals surface area contributed by atoms with Gasteiger partial charge in [0, 0.05) is 16.7 Å². The maximum absolute atomic E-state index is 12.4. The first-order chi connectivity index (χ1) is 18.7. The first-order valence-electron chi connectivity index (χ1n) is 12.8. The molecule has 0 radical (unpaired) electrons. The normalized spacial score (nSPS) is 24.9. The summed E-state index contributed by atoms with van der Waals surface area (Å²) in [6, 6.07) is 6.24. The van der Waals surface area contributed by atoms with Gasteiger partial charge in [-0.1, -0.05) is 69.6 Å². The summed E-state index contributed by atoms with van der Waals surface area (Å²) >= 11 is 36.3. The van der Waals surface area contributed by atoms with Crippen LogP contribution in [-0.2, 0) is 9.59 Å². The van der Waals surface area contributed by atoms with Gasteiger partial charge in [0.15, 0.2) is 0 Å². The fourth-order valence-electron chi connectivity index (χ4n) is 5.57. The average Bonchev–Trinajstić information content (AvgIpc) is 3.78. The van der Waals surface area contributed by atoms with E-state index in [1.165, 1.54) is 12.1 Å². The topological polar surface area (TPSA) is 108 Å². The van der Waals surface area contributed by atoms with E-state index in [2.05, 4.69) is 17.6 Å². The van der Waals surface area contributed by atoms with E-state index >= 15 is 0 Å². The Labute approximate surface area is 296 Å². The zero-order chi connectivity index (χ0) is 29.3. The van der Waals surface area contributed by atoms with Crippen LogP contribution >= 0.6 is 69.6 Å². The van der Waals surface area contributed by atoms with Crippen LogP contribution in [-0.4, -0.2) is 33.5 Å². The molecule has 0 aromatic heterocycles. The number of carbonyl (C=O) groups is 2. The van der Waals surface area contributed by atoms with E-state index in [1.807, 2.05) is 13.8 Å². The molecule has 2 aromatic rings. The van der Waals surface area contributed by atoms with Gasteiger partial charge < -0.3 is 21.2 Å². The molecule has 0 saturated heterocycles. The molecule has 4 aliphatic rings. The number of carbonyl (C=O) groups excluding carboxylic acids is 2. The molecular formula is C29H27Cl6N2NaO4. The number of hydrogen-bond donors (Lipinski definition) is 3. The maximum atomic E-state index is 12.4. The third kappa shape index (κ3) is 6.37. The second-order valence-corrected chi connectivity index (χ2v) is 13.5. The molecule has 2 saturated carbocycles. The van der Waals surface area contributed by atoms with E-state index in [9.17, 15) is 14.7 Å². The average molecular weight is 703 g/mol. The van der Waals surface area contributed by atoms with Crippen molar-refractivity contribution in [1.82, 2.24) is 10.6 Å². The van der Waals surface area contributed by atoms with Crippen LogP contribution in [0.1, 0.15) is 57.6 Å². The predicted molar refractivity (Wildman–Crippen MR) is 166 cm³/mol. The number of hydrogen-bond acceptors (Lipinski definition) is 4. The van der Waals surface area contributed by atoms with Crippen LogP contribution in [0, 0.1) is 11.8 Å². The molecular weight excluding hydrogens is 676 g/mol. The van der Waals surface area contributed by atoms with Crippen LogP contribution in [0.15, 0.2) is 35.6 Å². The molecule has 13 heteroatoms. The number of benzene rings is 2. The zero-order valence-electron chi connectivity index (χ0n) is 23.3. The second kappa shape index (κ2) is 13.0. The monoisotopic (exact) mass is 700 g/mol. The largest absolute Gasteiger partial charge is 1.00 e. The van der Waals surface area contributed by atoms with Crippen LogP contribution in [0.4, 0.5) is 0 Å². The fraction of sp³-hybridized carbons (Fsp3) is 0.379. The van der Waals surface area contributed by atoms with E-state index in [0.717, 1.165) is 31.3 Å². The molecule has 0 bridgehead atoms. The van der Waals surface area contributed by atoms with Crippen molar-refractivity contribution in [1.29, 1.82) is 0 Å². The number of aliphatic hydroxyl groups is 1. The summed E-state index contributed by atoms with van der Waals surface area (Å²) in [5, 5.41) is 18.6. The van der Waals surface area contributed by atoms with Crippen LogP contribution in [0.2, 0.25) is 30.1 Å². The summed E-state index contributed by atoms with van der Waals surface area (Å²) in [4.78, 5) is 24.6. The van der Waals surface area contributed by atoms with Gasteiger partial charge in [-0.15, -0.1) is 0 Å². The van der Waals surface area contributed by atoms with Gasteiger partial charge in [-0.2, -0.15) is 0 Å². The third-order valence-electron chi connectivity index (χ3n) is 8.43. The van der Waals surface area contributed by atoms with Crippen LogP contribution in [0.25, 0.3) is 11.1 Å². The standard InChI is InChI=1S/C15H14Cl3NO.C14H12Cl3NO2.Na.H2O/c1-7-13(9-5-11(17)12(18)6-10(9)16)14(20)19-15(7,2)8-3-4-8;1-14(6-2-3-6)12(19)11(13(20)18-14)7-4-9(16)10(17)5-8(7)15;;/h5-6,8H,3-4H2,1-2H3,(H,19,20);4-6,19H,2-3H2,1H3,(H,18,20);;1H2/q;;+1;/p-1. The summed E-state index contributed by atoms with van der Waals surface area (Å²) in [5.41, 5.74) is 1.93. The maximum Gasteiger partial charge on any atom is 1.00 e. The van der Waals surface area contributed by atoms with Crippen molar-refractivity contribution >= 4 is 92.6 Å². The van der Waals surface area contributed by atoms with Crippen molar-refractivity contribution in [2.75, 3.05) is 0 Å². The Morgan fingerprint density at radius 2 is 1.02 bits per heavy atom. The molecule has 2 atom stereocenters. The van der Waals surface area contributed by atoms with Gasteiger partial charge in [0.1, 0.15) is 5.76 Å². The van der Waals surface area contributed by atoms with Crippen LogP contribution in [0.3, 0.4) is 0 Å². The molecule has 2 amide bonds. The van der Waals surface area contributed by atoms with Gasteiger partial charge >= 0.3 is 29.6 Å². The number of nitrogens with one attached hydrogen (secondary N) is 2. The quantitative estimate of drug-likeness (QED) is 0.278. The van der Waals surface area contributed by atoms with E-state index < -0.39 is 5.54 Å². The number of halogens is 6. The Morgan fingerprint density at radius 3 is 1.48 bits per heavy atom. The molecule has 2 fully saturated rings. The number of amides is 2. The molecule has 4 N–H and O–H groups in total. The predicted octanol–water partition coefficient (Wildman–Crippen LogP) is 5.76. The first-order valence-corrected chi connectivity index (χ1v) is 15.1. The van der Waals surface area contributed by atoms with E-state index in [4.69, 9.17) is 69.6 Å². The third-order valence-corrected chi connectivity index (χ3v) is 10.5. The van der Waals surface area contributed by atoms with Crippen molar-refractivity contribution in [2.24, 2.45) is 11.8 Å². The number of rotatable bonds is 4. The van der Waals surface area contributed by atoms with Gasteiger partial charge in [0.25, 0.3) is 11.8 Å². The summed E-state index contributed by atoms with van der Waals surface area (Å²) in [6.07, 6.45) is 4.28. The second-order valence-electron chi connectivity index (χ2n) is 11.1. The molecule has 220 valence electrons. The molecule has 42 heavy (non-hydrogen) atoms. The van der Waals surface area contributed by atoms with E-state index in [1.54, 1.807) is 12.1 Å². The summed E-state index contributed by atoms with van der Waals surface area (Å²) < 4.78 is 0. The van der Waals surface area contributed by atoms with Gasteiger partial charge in [0.05, 0.1) is 46.8 Å². The van der Waals surface area contributed by atoms with Crippen molar-refractivity contribution in [2.45, 2.75) is 57.5 Å². The summed E-state index contributed by atoms with van der Waals surface area (Å²) in [5.74, 6) is 0.399. The van der Waals surface area contributed by atoms with Crippen LogP contribution in [0.5, 0.6) is 0 Å². The van der Waals surface area contributed by atoms with Crippen molar-refractivity contribution in [3.05, 3.63) is 76.9 Å². The smallest absolute Gasteiger partial charge is 0.870 e. The molecule has 2 aliphatic heterocycles. The molecule has 2 aromatic carbocycles. The van der Waals surface area contributed by atoms with Crippen molar-refractivity contribution in [3.63, 3.8) is 0 Å². The molecule has 2 heterocycles. The molecule has 0 spiro atoms. The minimum atomic E-state index is -0.706. The van der Waals surface area contributed by atoms with Gasteiger partial charge in [-0.25, -0.2) is 0 Å². The molecule has 6 nitrogen and oxygen atoms in total. The SMILES string of the molecule is CC1(C2CC2)NC(=O)C(c2cc(Cl)c(Cl)cc2Cl)=C1O.CC1=C(c2cc(Cl)c(Cl)cc2Cl)C(=O)NC1(C)C1CC1.[Na+].[OH-]. The Bertz CT molecular complexity index is 1420. The van der Waals surface area contributed by atoms with Crippen molar-refractivity contribution in [3.8, 4) is 0 Å². The Morgan fingerprint density at radius 1 is 0.667 bits per heavy atom. The molecule has 2 unspecified atom stereocenters. The van der Waals surface area contributed by atoms with E-state index in [-0.39, 0.29) is 74.7 Å². The Hall–Kier alpha value is -0.640. The Balaban J connectivity index is 0.000000220. The first kappa shape index (κ1) is 35.8.